The van der Waals surface area contributed by atoms with Gasteiger partial charge in [-0.1, -0.05) is 31.0 Å². The van der Waals surface area contributed by atoms with E-state index in [1.54, 1.807) is 42.4 Å². The van der Waals surface area contributed by atoms with Crippen molar-refractivity contribution in [2.75, 3.05) is 13.7 Å². The van der Waals surface area contributed by atoms with Gasteiger partial charge in [0.2, 0.25) is 0 Å². The first kappa shape index (κ1) is 21.6. The highest BCUT2D eigenvalue weighted by atomic mass is 35.5. The largest absolute Gasteiger partial charge is 0.493 e. The van der Waals surface area contributed by atoms with Crippen LogP contribution in [-0.4, -0.2) is 40.6 Å². The van der Waals surface area contributed by atoms with Gasteiger partial charge in [-0.3, -0.25) is 0 Å². The van der Waals surface area contributed by atoms with E-state index in [9.17, 15) is 4.79 Å². The van der Waals surface area contributed by atoms with E-state index in [2.05, 4.69) is 17.0 Å². The van der Waals surface area contributed by atoms with Crippen LogP contribution in [0.25, 0.3) is 0 Å². The van der Waals surface area contributed by atoms with Crippen LogP contribution in [0.1, 0.15) is 29.3 Å². The molecule has 0 spiro atoms. The van der Waals surface area contributed by atoms with Crippen molar-refractivity contribution in [1.29, 1.82) is 0 Å². The zero-order valence-electron chi connectivity index (χ0n) is 17.0. The van der Waals surface area contributed by atoms with E-state index >= 15 is 0 Å². The van der Waals surface area contributed by atoms with Gasteiger partial charge < -0.3 is 14.2 Å². The lowest BCUT2D eigenvalue weighted by Crippen LogP contribution is -2.30. The van der Waals surface area contributed by atoms with E-state index in [0.29, 0.717) is 28.6 Å². The van der Waals surface area contributed by atoms with Gasteiger partial charge in [0.15, 0.2) is 17.6 Å². The highest BCUT2D eigenvalue weighted by Gasteiger charge is 2.19. The normalized spacial score (nSPS) is 11.7. The zero-order valence-corrected chi connectivity index (χ0v) is 17.7. The van der Waals surface area contributed by atoms with Crippen LogP contribution in [0, 0.1) is 0 Å². The van der Waals surface area contributed by atoms with Crippen LogP contribution < -0.4 is 9.47 Å². The van der Waals surface area contributed by atoms with Crippen LogP contribution in [-0.2, 0) is 17.7 Å². The Labute approximate surface area is 180 Å². The number of carbonyl (C=O) groups is 1. The molecule has 1 aromatic heterocycles. The molecular formula is C22H24ClN3O4. The van der Waals surface area contributed by atoms with E-state index in [1.165, 1.54) is 11.9 Å². The molecule has 0 amide bonds. The summed E-state index contributed by atoms with van der Waals surface area (Å²) in [6.07, 6.45) is 4.40. The molecule has 0 fully saturated rings. The Morgan fingerprint density at radius 1 is 1.17 bits per heavy atom. The Kier molecular flexibility index (Phi) is 7.68. The zero-order chi connectivity index (χ0) is 21.3. The first-order valence-electron chi connectivity index (χ1n) is 9.67. The van der Waals surface area contributed by atoms with Crippen molar-refractivity contribution in [3.8, 4) is 11.5 Å². The van der Waals surface area contributed by atoms with Crippen LogP contribution in [0.3, 0.4) is 0 Å². The monoisotopic (exact) mass is 429 g/mol. The molecule has 0 saturated carbocycles. The summed E-state index contributed by atoms with van der Waals surface area (Å²) in [6.45, 7) is 2.55. The molecular weight excluding hydrogens is 406 g/mol. The fourth-order valence-electron chi connectivity index (χ4n) is 2.92. The minimum absolute atomic E-state index is 0.128. The number of benzene rings is 2. The van der Waals surface area contributed by atoms with Crippen LogP contribution >= 0.6 is 11.6 Å². The van der Waals surface area contributed by atoms with Crippen LogP contribution in [0.2, 0.25) is 5.02 Å². The molecule has 3 rings (SSSR count). The molecule has 2 aromatic carbocycles. The van der Waals surface area contributed by atoms with Crippen LogP contribution in [0.5, 0.6) is 11.5 Å². The second-order valence-electron chi connectivity index (χ2n) is 6.70. The summed E-state index contributed by atoms with van der Waals surface area (Å²) >= 11 is 5.89. The molecule has 8 heteroatoms. The van der Waals surface area contributed by atoms with Gasteiger partial charge in [0.25, 0.3) is 0 Å². The molecule has 3 aromatic rings. The van der Waals surface area contributed by atoms with Crippen molar-refractivity contribution >= 4 is 17.6 Å². The first-order chi connectivity index (χ1) is 14.6. The fourth-order valence-corrected chi connectivity index (χ4v) is 3.05. The minimum Gasteiger partial charge on any atom is -0.493 e. The molecule has 1 unspecified atom stereocenters. The van der Waals surface area contributed by atoms with Crippen LogP contribution in [0.4, 0.5) is 0 Å². The molecule has 7 nitrogen and oxygen atoms in total. The smallest absolute Gasteiger partial charge is 0.338 e. The molecule has 0 bridgehead atoms. The summed E-state index contributed by atoms with van der Waals surface area (Å²) in [6, 6.07) is 12.4. The number of ether oxygens (including phenoxy) is 3. The third-order valence-electron chi connectivity index (χ3n) is 4.40. The Hall–Kier alpha value is -3.06. The molecule has 0 radical (unpaired) electrons. The molecule has 158 valence electrons. The van der Waals surface area contributed by atoms with Crippen molar-refractivity contribution in [3.63, 3.8) is 0 Å². The fraction of sp³-hybridized carbons (Fsp3) is 0.318. The maximum Gasteiger partial charge on any atom is 0.338 e. The summed E-state index contributed by atoms with van der Waals surface area (Å²) < 4.78 is 18.7. The topological polar surface area (TPSA) is 75.5 Å². The van der Waals surface area contributed by atoms with Crippen molar-refractivity contribution < 1.29 is 19.0 Å². The van der Waals surface area contributed by atoms with Gasteiger partial charge in [-0.2, -0.15) is 5.10 Å². The molecule has 0 saturated heterocycles. The highest BCUT2D eigenvalue weighted by molar-refractivity contribution is 6.30. The molecule has 0 aliphatic carbocycles. The number of esters is 1. The summed E-state index contributed by atoms with van der Waals surface area (Å²) in [5, 5.41) is 4.63. The lowest BCUT2D eigenvalue weighted by molar-refractivity contribution is 0.0112. The molecule has 1 heterocycles. The van der Waals surface area contributed by atoms with Gasteiger partial charge in [0.05, 0.1) is 19.2 Å². The summed E-state index contributed by atoms with van der Waals surface area (Å²) in [5.74, 6) is 0.763. The lowest BCUT2D eigenvalue weighted by atomic mass is 10.1. The van der Waals surface area contributed by atoms with Crippen molar-refractivity contribution in [2.24, 2.45) is 0 Å². The Morgan fingerprint density at radius 3 is 2.63 bits per heavy atom. The number of aryl methyl sites for hydroxylation is 1. The second-order valence-corrected chi connectivity index (χ2v) is 7.13. The third kappa shape index (κ3) is 5.97. The van der Waals surface area contributed by atoms with Gasteiger partial charge in [0.1, 0.15) is 19.3 Å². The van der Waals surface area contributed by atoms with E-state index < -0.39 is 12.1 Å². The maximum absolute atomic E-state index is 12.6. The predicted molar refractivity (Wildman–Crippen MR) is 113 cm³/mol. The van der Waals surface area contributed by atoms with Crippen molar-refractivity contribution in [1.82, 2.24) is 14.8 Å². The molecule has 0 aliphatic heterocycles. The van der Waals surface area contributed by atoms with Gasteiger partial charge in [0, 0.05) is 5.02 Å². The molecule has 1 atom stereocenters. The number of aromatic nitrogens is 3. The average molecular weight is 430 g/mol. The molecule has 0 aliphatic rings. The van der Waals surface area contributed by atoms with Gasteiger partial charge in [-0.05, 0) is 48.4 Å². The number of carbonyl (C=O) groups excluding carboxylic acids is 1. The quantitative estimate of drug-likeness (QED) is 0.450. The average Bonchev–Trinajstić information content (AvgIpc) is 3.26. The Bertz CT molecular complexity index is 946. The summed E-state index contributed by atoms with van der Waals surface area (Å²) in [4.78, 5) is 16.5. The van der Waals surface area contributed by atoms with E-state index in [4.69, 9.17) is 25.8 Å². The number of nitrogens with zero attached hydrogens (tertiary/aromatic N) is 3. The first-order valence-corrected chi connectivity index (χ1v) is 10.1. The number of hydrogen-bond donors (Lipinski definition) is 0. The lowest BCUT2D eigenvalue weighted by Gasteiger charge is -2.20. The van der Waals surface area contributed by atoms with E-state index in [-0.39, 0.29) is 6.61 Å². The van der Waals surface area contributed by atoms with Crippen molar-refractivity contribution in [2.45, 2.75) is 32.4 Å². The SMILES string of the molecule is CCCc1ccc(OCC(Cn2cncn2)OC(=O)c2ccc(Cl)cc2)c(OC)c1. The maximum atomic E-state index is 12.6. The standard InChI is InChI=1S/C22H24ClN3O4/c1-3-4-16-5-10-20(21(11-16)28-2)29-13-19(12-26-15-24-14-25-26)30-22(27)17-6-8-18(23)9-7-17/h5-11,14-15,19H,3-4,12-13H2,1-2H3. The van der Waals surface area contributed by atoms with Gasteiger partial charge in [-0.15, -0.1) is 0 Å². The van der Waals surface area contributed by atoms with Gasteiger partial charge >= 0.3 is 5.97 Å². The second kappa shape index (κ2) is 10.6. The number of methoxy groups -OCH3 is 1. The number of hydrogen-bond acceptors (Lipinski definition) is 6. The van der Waals surface area contributed by atoms with E-state index in [0.717, 1.165) is 12.8 Å². The number of halogens is 1. The Morgan fingerprint density at radius 2 is 1.97 bits per heavy atom. The minimum atomic E-state index is -0.588. The third-order valence-corrected chi connectivity index (χ3v) is 4.65. The Balaban J connectivity index is 1.71. The summed E-state index contributed by atoms with van der Waals surface area (Å²) in [5.41, 5.74) is 1.58. The van der Waals surface area contributed by atoms with Gasteiger partial charge in [-0.25, -0.2) is 14.5 Å². The molecule has 30 heavy (non-hydrogen) atoms. The van der Waals surface area contributed by atoms with Crippen LogP contribution in [0.15, 0.2) is 55.1 Å². The predicted octanol–water partition coefficient (Wildman–Crippen LogP) is 4.20. The van der Waals surface area contributed by atoms with Crippen molar-refractivity contribution in [3.05, 3.63) is 71.3 Å². The van der Waals surface area contributed by atoms with E-state index in [1.807, 2.05) is 18.2 Å². The highest BCUT2D eigenvalue weighted by Crippen LogP contribution is 2.29. The summed E-state index contributed by atoms with van der Waals surface area (Å²) in [7, 11) is 1.60. The molecule has 0 N–H and O–H groups in total. The number of rotatable bonds is 10.